The average Bonchev–Trinajstić information content (AvgIpc) is 3.24. The zero-order valence-corrected chi connectivity index (χ0v) is 17.9. The third kappa shape index (κ3) is 3.61. The highest BCUT2D eigenvalue weighted by atomic mass is 79.9. The van der Waals surface area contributed by atoms with E-state index in [1.807, 2.05) is 0 Å². The summed E-state index contributed by atoms with van der Waals surface area (Å²) in [6.45, 7) is 0.331. The third-order valence-corrected chi connectivity index (χ3v) is 5.88. The summed E-state index contributed by atoms with van der Waals surface area (Å²) in [4.78, 5) is 41.9. The number of ether oxygens (including phenoxy) is 1. The van der Waals surface area contributed by atoms with Crippen LogP contribution in [0.15, 0.2) is 45.7 Å². The molecule has 0 spiro atoms. The number of carbonyl (C=O) groups is 1. The predicted molar refractivity (Wildman–Crippen MR) is 115 cm³/mol. The van der Waals surface area contributed by atoms with Crippen molar-refractivity contribution >= 4 is 38.6 Å². The van der Waals surface area contributed by atoms with Crippen LogP contribution in [0.4, 0.5) is 10.5 Å². The Morgan fingerprint density at radius 2 is 2.03 bits per heavy atom. The van der Waals surface area contributed by atoms with E-state index < -0.39 is 22.6 Å². The first-order chi connectivity index (χ1) is 14.8. The minimum Gasteiger partial charge on any atom is -0.497 e. The maximum Gasteiger partial charge on any atom is 0.407 e. The highest BCUT2D eigenvalue weighted by Gasteiger charge is 2.34. The first kappa shape index (κ1) is 20.8. The molecule has 1 aliphatic heterocycles. The molecule has 1 N–H and O–H groups in total. The van der Waals surface area contributed by atoms with Gasteiger partial charge in [-0.2, -0.15) is 0 Å². The molecule has 31 heavy (non-hydrogen) atoms. The van der Waals surface area contributed by atoms with E-state index in [4.69, 9.17) is 4.74 Å². The summed E-state index contributed by atoms with van der Waals surface area (Å²) in [5, 5.41) is 21.0. The first-order valence-electron chi connectivity index (χ1n) is 9.36. The van der Waals surface area contributed by atoms with Gasteiger partial charge in [0.15, 0.2) is 0 Å². The van der Waals surface area contributed by atoms with Crippen LogP contribution in [0, 0.1) is 10.1 Å². The van der Waals surface area contributed by atoms with Gasteiger partial charge in [0, 0.05) is 18.7 Å². The number of carboxylic acid groups (broad SMARTS) is 1. The summed E-state index contributed by atoms with van der Waals surface area (Å²) in [5.41, 5.74) is -0.0743. The molecule has 0 aliphatic carbocycles. The van der Waals surface area contributed by atoms with Gasteiger partial charge in [0.1, 0.15) is 11.6 Å². The molecule has 2 heterocycles. The van der Waals surface area contributed by atoms with E-state index in [0.717, 1.165) is 0 Å². The number of nitro groups is 1. The number of benzene rings is 2. The molecular formula is C20H17BrN4O6. The maximum absolute atomic E-state index is 13.5. The zero-order chi connectivity index (χ0) is 22.3. The number of non-ortho nitro benzene ring substituents is 1. The van der Waals surface area contributed by atoms with Crippen molar-refractivity contribution in [3.05, 3.63) is 67.2 Å². The fourth-order valence-corrected chi connectivity index (χ4v) is 4.36. The van der Waals surface area contributed by atoms with Crippen molar-refractivity contribution in [1.82, 2.24) is 14.5 Å². The summed E-state index contributed by atoms with van der Waals surface area (Å²) in [7, 11) is 1.52. The number of halogens is 1. The number of methoxy groups -OCH3 is 1. The SMILES string of the molecule is COc1ccc(-n2c([C@H]3CCCN3C(=O)O)nc3c(Br)cc([N+](=O)[O-])cc3c2=O)cc1. The Morgan fingerprint density at radius 1 is 1.32 bits per heavy atom. The van der Waals surface area contributed by atoms with Crippen LogP contribution in [0.3, 0.4) is 0 Å². The smallest absolute Gasteiger partial charge is 0.407 e. The van der Waals surface area contributed by atoms with E-state index in [9.17, 15) is 24.8 Å². The first-order valence-corrected chi connectivity index (χ1v) is 10.2. The second kappa shape index (κ2) is 7.99. The largest absolute Gasteiger partial charge is 0.497 e. The standard InChI is InChI=1S/C20H17BrN4O6/c1-31-13-6-4-11(5-7-13)24-18(16-3-2-8-23(16)20(27)28)22-17-14(19(24)26)9-12(25(29)30)10-15(17)21/h4-7,9-10,16H,2-3,8H2,1H3,(H,27,28)/t16-/m1/s1. The molecular weight excluding hydrogens is 472 g/mol. The molecule has 10 nitrogen and oxygen atoms in total. The minimum atomic E-state index is -1.10. The number of amides is 1. The van der Waals surface area contributed by atoms with Crippen LogP contribution < -0.4 is 10.3 Å². The van der Waals surface area contributed by atoms with Gasteiger partial charge in [-0.1, -0.05) is 0 Å². The molecule has 160 valence electrons. The lowest BCUT2D eigenvalue weighted by Gasteiger charge is -2.24. The third-order valence-electron chi connectivity index (χ3n) is 5.28. The number of hydrogen-bond acceptors (Lipinski definition) is 6. The lowest BCUT2D eigenvalue weighted by molar-refractivity contribution is -0.384. The molecule has 11 heteroatoms. The lowest BCUT2D eigenvalue weighted by atomic mass is 10.1. The number of fused-ring (bicyclic) bond motifs is 1. The summed E-state index contributed by atoms with van der Waals surface area (Å²) >= 11 is 3.28. The van der Waals surface area contributed by atoms with Crippen LogP contribution in [0.2, 0.25) is 0 Å². The Morgan fingerprint density at radius 3 is 2.65 bits per heavy atom. The Hall–Kier alpha value is -3.47. The molecule has 0 unspecified atom stereocenters. The molecule has 2 aromatic carbocycles. The monoisotopic (exact) mass is 488 g/mol. The van der Waals surface area contributed by atoms with E-state index in [-0.39, 0.29) is 26.9 Å². The molecule has 4 rings (SSSR count). The van der Waals surface area contributed by atoms with Crippen molar-refractivity contribution in [2.24, 2.45) is 0 Å². The van der Waals surface area contributed by atoms with Crippen molar-refractivity contribution in [2.45, 2.75) is 18.9 Å². The van der Waals surface area contributed by atoms with Gasteiger partial charge in [-0.3, -0.25) is 24.4 Å². The molecule has 1 aliphatic rings. The fourth-order valence-electron chi connectivity index (χ4n) is 3.82. The molecule has 0 bridgehead atoms. The molecule has 1 fully saturated rings. The summed E-state index contributed by atoms with van der Waals surface area (Å²) in [5.74, 6) is 0.843. The van der Waals surface area contributed by atoms with Crippen LogP contribution in [0.25, 0.3) is 16.6 Å². The zero-order valence-electron chi connectivity index (χ0n) is 16.3. The molecule has 0 saturated carbocycles. The number of hydrogen-bond donors (Lipinski definition) is 1. The second-order valence-corrected chi connectivity index (χ2v) is 7.88. The summed E-state index contributed by atoms with van der Waals surface area (Å²) in [6, 6.07) is 8.49. The molecule has 0 radical (unpaired) electrons. The van der Waals surface area contributed by atoms with Gasteiger partial charge in [-0.15, -0.1) is 0 Å². The van der Waals surface area contributed by atoms with Crippen LogP contribution in [-0.4, -0.2) is 44.2 Å². The molecule has 1 atom stereocenters. The summed E-state index contributed by atoms with van der Waals surface area (Å²) in [6.07, 6.45) is 0.0424. The van der Waals surface area contributed by atoms with Gasteiger partial charge in [0.2, 0.25) is 0 Å². The van der Waals surface area contributed by atoms with Crippen LogP contribution in [0.5, 0.6) is 5.75 Å². The van der Waals surface area contributed by atoms with Crippen molar-refractivity contribution in [3.63, 3.8) is 0 Å². The van der Waals surface area contributed by atoms with Crippen LogP contribution in [0.1, 0.15) is 24.7 Å². The van der Waals surface area contributed by atoms with Crippen LogP contribution >= 0.6 is 15.9 Å². The van der Waals surface area contributed by atoms with Gasteiger partial charge in [-0.25, -0.2) is 9.78 Å². The Kier molecular flexibility index (Phi) is 5.36. The number of likely N-dealkylation sites (tertiary alicyclic amines) is 1. The Bertz CT molecular complexity index is 1260. The minimum absolute atomic E-state index is 0.0560. The fraction of sp³-hybridized carbons (Fsp3) is 0.250. The average molecular weight is 489 g/mol. The van der Waals surface area contributed by atoms with E-state index in [2.05, 4.69) is 20.9 Å². The lowest BCUT2D eigenvalue weighted by Crippen LogP contribution is -2.34. The number of aromatic nitrogens is 2. The van der Waals surface area contributed by atoms with Crippen molar-refractivity contribution < 1.29 is 19.6 Å². The van der Waals surface area contributed by atoms with Gasteiger partial charge in [0.25, 0.3) is 11.2 Å². The van der Waals surface area contributed by atoms with Crippen molar-refractivity contribution in [3.8, 4) is 11.4 Å². The molecule has 1 saturated heterocycles. The Labute approximate surface area is 184 Å². The number of nitrogens with zero attached hydrogens (tertiary/aromatic N) is 4. The quantitative estimate of drug-likeness (QED) is 0.435. The van der Waals surface area contributed by atoms with E-state index in [0.29, 0.717) is 30.8 Å². The Balaban J connectivity index is 2.05. The van der Waals surface area contributed by atoms with Gasteiger partial charge < -0.3 is 9.84 Å². The molecule has 3 aromatic rings. The summed E-state index contributed by atoms with van der Waals surface area (Å²) < 4.78 is 6.78. The van der Waals surface area contributed by atoms with Gasteiger partial charge in [0.05, 0.1) is 39.1 Å². The maximum atomic E-state index is 13.5. The number of rotatable bonds is 4. The highest BCUT2D eigenvalue weighted by Crippen LogP contribution is 2.34. The van der Waals surface area contributed by atoms with Crippen molar-refractivity contribution in [2.75, 3.05) is 13.7 Å². The van der Waals surface area contributed by atoms with E-state index in [1.165, 1.54) is 28.7 Å². The van der Waals surface area contributed by atoms with E-state index >= 15 is 0 Å². The molecule has 1 aromatic heterocycles. The van der Waals surface area contributed by atoms with Gasteiger partial charge in [-0.05, 0) is 53.0 Å². The normalized spacial score (nSPS) is 15.9. The van der Waals surface area contributed by atoms with Gasteiger partial charge >= 0.3 is 6.09 Å². The van der Waals surface area contributed by atoms with E-state index in [1.54, 1.807) is 24.3 Å². The number of nitro benzene ring substituents is 1. The predicted octanol–water partition coefficient (Wildman–Crippen LogP) is 3.88. The topological polar surface area (TPSA) is 128 Å². The highest BCUT2D eigenvalue weighted by molar-refractivity contribution is 9.10. The van der Waals surface area contributed by atoms with Crippen molar-refractivity contribution in [1.29, 1.82) is 0 Å². The molecule has 1 amide bonds. The van der Waals surface area contributed by atoms with Crippen LogP contribution in [-0.2, 0) is 0 Å². The second-order valence-electron chi connectivity index (χ2n) is 7.02.